The van der Waals surface area contributed by atoms with Gasteiger partial charge < -0.3 is 14.9 Å². The molecule has 2 heterocycles. The molecule has 18 heavy (non-hydrogen) atoms. The van der Waals surface area contributed by atoms with E-state index in [9.17, 15) is 20.0 Å². The Morgan fingerprint density at radius 3 is 2.83 bits per heavy atom. The number of aromatic nitrogens is 1. The second kappa shape index (κ2) is 4.84. The van der Waals surface area contributed by atoms with Crippen molar-refractivity contribution in [1.82, 2.24) is 4.57 Å². The molecule has 1 aliphatic rings. The molecule has 0 bridgehead atoms. The lowest BCUT2D eigenvalue weighted by molar-refractivity contribution is -0.385. The van der Waals surface area contributed by atoms with Crippen molar-refractivity contribution < 1.29 is 19.9 Å². The van der Waals surface area contributed by atoms with Gasteiger partial charge in [0.1, 0.15) is 6.10 Å². The van der Waals surface area contributed by atoms with Crippen LogP contribution in [0.5, 0.6) is 0 Å². The molecule has 98 valence electrons. The average Bonchev–Trinajstić information content (AvgIpc) is 2.71. The molecule has 1 saturated heterocycles. The monoisotopic (exact) mass is 256 g/mol. The predicted octanol–water partition coefficient (Wildman–Crippen LogP) is -0.603. The molecule has 3 atom stereocenters. The van der Waals surface area contributed by atoms with E-state index in [0.29, 0.717) is 0 Å². The summed E-state index contributed by atoms with van der Waals surface area (Å²) in [6.07, 6.45) is -1.36. The molecule has 3 unspecified atom stereocenters. The van der Waals surface area contributed by atoms with Crippen LogP contribution in [0.15, 0.2) is 23.1 Å². The van der Waals surface area contributed by atoms with Crippen LogP contribution in [0.1, 0.15) is 12.6 Å². The standard InChI is InChI=1S/C10H12N2O6/c13-5-7-3-8(14)10(18-7)11-4-6(12(16)17)1-2-9(11)15/h1-2,4,7-8,10,13-14H,3,5H2. The zero-order valence-corrected chi connectivity index (χ0v) is 9.30. The number of pyridine rings is 1. The van der Waals surface area contributed by atoms with Crippen molar-refractivity contribution in [2.24, 2.45) is 0 Å². The Hall–Kier alpha value is -1.77. The van der Waals surface area contributed by atoms with Gasteiger partial charge in [-0.1, -0.05) is 0 Å². The minimum absolute atomic E-state index is 0.177. The topological polar surface area (TPSA) is 115 Å². The van der Waals surface area contributed by atoms with Gasteiger partial charge in [0.2, 0.25) is 0 Å². The van der Waals surface area contributed by atoms with E-state index >= 15 is 0 Å². The van der Waals surface area contributed by atoms with Crippen LogP contribution in [0.3, 0.4) is 0 Å². The molecule has 2 N–H and O–H groups in total. The first-order valence-electron chi connectivity index (χ1n) is 5.34. The second-order valence-corrected chi connectivity index (χ2v) is 4.02. The van der Waals surface area contributed by atoms with Gasteiger partial charge in [0, 0.05) is 18.6 Å². The van der Waals surface area contributed by atoms with E-state index in [2.05, 4.69) is 0 Å². The van der Waals surface area contributed by atoms with E-state index in [-0.39, 0.29) is 18.7 Å². The van der Waals surface area contributed by atoms with Gasteiger partial charge in [-0.25, -0.2) is 0 Å². The van der Waals surface area contributed by atoms with Crippen molar-refractivity contribution in [1.29, 1.82) is 0 Å². The molecular formula is C10H12N2O6. The number of ether oxygens (including phenoxy) is 1. The fourth-order valence-electron chi connectivity index (χ4n) is 1.90. The molecule has 0 amide bonds. The SMILES string of the molecule is O=c1ccc([N+](=O)[O-])cn1C1OC(CO)CC1O. The highest BCUT2D eigenvalue weighted by Gasteiger charge is 2.35. The van der Waals surface area contributed by atoms with E-state index in [0.717, 1.165) is 22.9 Å². The lowest BCUT2D eigenvalue weighted by Gasteiger charge is -2.16. The molecule has 1 aromatic heterocycles. The van der Waals surface area contributed by atoms with Gasteiger partial charge in [0.05, 0.1) is 23.8 Å². The van der Waals surface area contributed by atoms with Crippen LogP contribution in [0.2, 0.25) is 0 Å². The van der Waals surface area contributed by atoms with Crippen molar-refractivity contribution in [2.45, 2.75) is 24.9 Å². The number of nitro groups is 1. The summed E-state index contributed by atoms with van der Waals surface area (Å²) in [7, 11) is 0. The maximum Gasteiger partial charge on any atom is 0.285 e. The van der Waals surface area contributed by atoms with E-state index in [1.54, 1.807) is 0 Å². The molecule has 8 heteroatoms. The Labute approximate surface area is 101 Å². The van der Waals surface area contributed by atoms with Crippen LogP contribution in [-0.2, 0) is 4.74 Å². The first-order valence-corrected chi connectivity index (χ1v) is 5.34. The zero-order chi connectivity index (χ0) is 13.3. The lowest BCUT2D eigenvalue weighted by Crippen LogP contribution is -2.29. The molecule has 0 spiro atoms. The Kier molecular flexibility index (Phi) is 3.41. The first-order chi connectivity index (χ1) is 8.52. The first kappa shape index (κ1) is 12.7. The molecule has 0 saturated carbocycles. The molecule has 2 rings (SSSR count). The lowest BCUT2D eigenvalue weighted by atomic mass is 10.2. The third kappa shape index (κ3) is 2.26. The van der Waals surface area contributed by atoms with Crippen molar-refractivity contribution in [3.8, 4) is 0 Å². The van der Waals surface area contributed by atoms with Crippen molar-refractivity contribution >= 4 is 5.69 Å². The molecule has 0 radical (unpaired) electrons. The van der Waals surface area contributed by atoms with E-state index in [1.807, 2.05) is 0 Å². The molecular weight excluding hydrogens is 244 g/mol. The number of aliphatic hydroxyl groups is 2. The van der Waals surface area contributed by atoms with Gasteiger partial charge in [-0.2, -0.15) is 0 Å². The number of nitrogens with zero attached hydrogens (tertiary/aromatic N) is 2. The van der Waals surface area contributed by atoms with Gasteiger partial charge >= 0.3 is 0 Å². The quantitative estimate of drug-likeness (QED) is 0.551. The van der Waals surface area contributed by atoms with E-state index in [1.165, 1.54) is 0 Å². The highest BCUT2D eigenvalue weighted by molar-refractivity contribution is 5.25. The third-order valence-corrected chi connectivity index (χ3v) is 2.78. The molecule has 0 aromatic carbocycles. The summed E-state index contributed by atoms with van der Waals surface area (Å²) in [6.45, 7) is -0.281. The fraction of sp³-hybridized carbons (Fsp3) is 0.500. The largest absolute Gasteiger partial charge is 0.394 e. The highest BCUT2D eigenvalue weighted by Crippen LogP contribution is 2.28. The summed E-state index contributed by atoms with van der Waals surface area (Å²) in [5.74, 6) is 0. The summed E-state index contributed by atoms with van der Waals surface area (Å²) >= 11 is 0. The summed E-state index contributed by atoms with van der Waals surface area (Å²) in [4.78, 5) is 21.6. The number of rotatable bonds is 3. The minimum Gasteiger partial charge on any atom is -0.394 e. The smallest absolute Gasteiger partial charge is 0.285 e. The molecule has 1 fully saturated rings. The maximum absolute atomic E-state index is 11.6. The third-order valence-electron chi connectivity index (χ3n) is 2.78. The second-order valence-electron chi connectivity index (χ2n) is 4.02. The molecule has 1 aliphatic heterocycles. The average molecular weight is 256 g/mol. The molecule has 1 aromatic rings. The van der Waals surface area contributed by atoms with Gasteiger partial charge in [-0.05, 0) is 0 Å². The van der Waals surface area contributed by atoms with E-state index in [4.69, 9.17) is 9.84 Å². The highest BCUT2D eigenvalue weighted by atomic mass is 16.6. The predicted molar refractivity (Wildman–Crippen MR) is 59.0 cm³/mol. The van der Waals surface area contributed by atoms with Crippen LogP contribution in [0.4, 0.5) is 5.69 Å². The fourth-order valence-corrected chi connectivity index (χ4v) is 1.90. The number of hydrogen-bond acceptors (Lipinski definition) is 6. The summed E-state index contributed by atoms with van der Waals surface area (Å²) in [6, 6.07) is 2.13. The van der Waals surface area contributed by atoms with Crippen molar-refractivity contribution in [3.05, 3.63) is 38.8 Å². The van der Waals surface area contributed by atoms with Gasteiger partial charge in [-0.15, -0.1) is 0 Å². The van der Waals surface area contributed by atoms with Crippen LogP contribution in [0.25, 0.3) is 0 Å². The number of hydrogen-bond donors (Lipinski definition) is 2. The Balaban J connectivity index is 2.36. The Bertz CT molecular complexity index is 513. The van der Waals surface area contributed by atoms with Gasteiger partial charge in [-0.3, -0.25) is 19.5 Å². The minimum atomic E-state index is -1.01. The van der Waals surface area contributed by atoms with Crippen LogP contribution in [-0.4, -0.2) is 38.5 Å². The Morgan fingerprint density at radius 2 is 2.28 bits per heavy atom. The Morgan fingerprint density at radius 1 is 1.56 bits per heavy atom. The van der Waals surface area contributed by atoms with Crippen molar-refractivity contribution in [3.63, 3.8) is 0 Å². The van der Waals surface area contributed by atoms with E-state index < -0.39 is 28.9 Å². The summed E-state index contributed by atoms with van der Waals surface area (Å²) < 4.78 is 6.24. The van der Waals surface area contributed by atoms with Gasteiger partial charge in [0.25, 0.3) is 11.2 Å². The van der Waals surface area contributed by atoms with Gasteiger partial charge in [0.15, 0.2) is 6.23 Å². The summed E-state index contributed by atoms with van der Waals surface area (Å²) in [5, 5.41) is 29.3. The maximum atomic E-state index is 11.6. The normalized spacial score (nSPS) is 27.3. The zero-order valence-electron chi connectivity index (χ0n) is 9.30. The van der Waals surface area contributed by atoms with Crippen molar-refractivity contribution in [2.75, 3.05) is 6.61 Å². The molecule has 8 nitrogen and oxygen atoms in total. The van der Waals surface area contributed by atoms with Crippen LogP contribution < -0.4 is 5.56 Å². The molecule has 0 aliphatic carbocycles. The number of aliphatic hydroxyl groups excluding tert-OH is 2. The van der Waals surface area contributed by atoms with Crippen LogP contribution >= 0.6 is 0 Å². The summed E-state index contributed by atoms with van der Waals surface area (Å²) in [5.41, 5.74) is -0.777. The van der Waals surface area contributed by atoms with Crippen LogP contribution in [0, 0.1) is 10.1 Å².